The van der Waals surface area contributed by atoms with E-state index >= 15 is 0 Å². The zero-order chi connectivity index (χ0) is 18.8. The smallest absolute Gasteiger partial charge is 0.397 e. The third-order valence-corrected chi connectivity index (χ3v) is 3.83. The number of ether oxygens (including phenoxy) is 1. The highest BCUT2D eigenvalue weighted by molar-refractivity contribution is 6.38. The molecule has 26 heavy (non-hydrogen) atoms. The summed E-state index contributed by atoms with van der Waals surface area (Å²) in [6.07, 6.45) is 0. The van der Waals surface area contributed by atoms with E-state index in [1.54, 1.807) is 26.0 Å². The van der Waals surface area contributed by atoms with E-state index in [0.29, 0.717) is 16.7 Å². The number of rotatable bonds is 3. The van der Waals surface area contributed by atoms with Crippen LogP contribution in [-0.2, 0) is 14.3 Å². The van der Waals surface area contributed by atoms with E-state index in [1.165, 1.54) is 11.8 Å². The number of carbonyl (C=O) groups is 2. The number of phenols is 1. The van der Waals surface area contributed by atoms with Crippen molar-refractivity contribution in [2.75, 3.05) is 18.6 Å². The van der Waals surface area contributed by atoms with Crippen LogP contribution in [-0.4, -0.2) is 45.6 Å². The highest BCUT2D eigenvalue weighted by atomic mass is 16.5. The molecule has 0 saturated heterocycles. The van der Waals surface area contributed by atoms with Crippen molar-refractivity contribution < 1.29 is 19.4 Å². The van der Waals surface area contributed by atoms with Gasteiger partial charge in [0.05, 0.1) is 12.3 Å². The Hall–Kier alpha value is -3.42. The maximum Gasteiger partial charge on any atom is 0.397 e. The van der Waals surface area contributed by atoms with Crippen LogP contribution in [0.15, 0.2) is 36.4 Å². The van der Waals surface area contributed by atoms with Gasteiger partial charge >= 0.3 is 11.9 Å². The third-order valence-electron chi connectivity index (χ3n) is 3.83. The van der Waals surface area contributed by atoms with Crippen LogP contribution in [0.5, 0.6) is 5.75 Å². The second kappa shape index (κ2) is 6.83. The Kier molecular flexibility index (Phi) is 4.57. The zero-order valence-corrected chi connectivity index (χ0v) is 14.6. The summed E-state index contributed by atoms with van der Waals surface area (Å²) >= 11 is 0. The molecule has 0 bridgehead atoms. The van der Waals surface area contributed by atoms with Gasteiger partial charge in [0.1, 0.15) is 16.7 Å². The van der Waals surface area contributed by atoms with Gasteiger partial charge < -0.3 is 14.7 Å². The Morgan fingerprint density at radius 3 is 2.38 bits per heavy atom. The number of esters is 1. The van der Waals surface area contributed by atoms with Crippen molar-refractivity contribution in [3.05, 3.63) is 42.0 Å². The minimum absolute atomic E-state index is 0.0905. The molecule has 0 unspecified atom stereocenters. The number of hydrogen-bond acceptors (Lipinski definition) is 6. The van der Waals surface area contributed by atoms with Crippen molar-refractivity contribution in [1.29, 1.82) is 0 Å². The largest absolute Gasteiger partial charge is 0.504 e. The van der Waals surface area contributed by atoms with Gasteiger partial charge in [0.25, 0.3) is 0 Å². The lowest BCUT2D eigenvalue weighted by molar-refractivity contribution is -0.153. The van der Waals surface area contributed by atoms with Crippen LogP contribution >= 0.6 is 0 Å². The number of aromatic nitrogens is 3. The molecule has 3 aromatic rings. The van der Waals surface area contributed by atoms with E-state index in [-0.39, 0.29) is 18.0 Å². The highest BCUT2D eigenvalue weighted by Crippen LogP contribution is 2.34. The number of carbonyl (C=O) groups excluding carboxylic acids is 2. The molecule has 0 saturated carbocycles. The Labute approximate surface area is 149 Å². The summed E-state index contributed by atoms with van der Waals surface area (Å²) in [6.45, 7) is 3.51. The standard InChI is InChI=1S/C18H18N4O4/c1-4-26-18(25)17(24)21(3)14-9-11(2)10-15(16(14)23)22-19-12-7-5-6-8-13(12)20-22/h5-10,23H,4H2,1-3H3. The summed E-state index contributed by atoms with van der Waals surface area (Å²) in [5.74, 6) is -2.08. The summed E-state index contributed by atoms with van der Waals surface area (Å²) in [6, 6.07) is 10.6. The average Bonchev–Trinajstić information content (AvgIpc) is 3.06. The van der Waals surface area contributed by atoms with Gasteiger partial charge in [-0.2, -0.15) is 0 Å². The number of amides is 1. The summed E-state index contributed by atoms with van der Waals surface area (Å²) in [5.41, 5.74) is 2.58. The molecule has 1 amide bonds. The van der Waals surface area contributed by atoms with E-state index in [1.807, 2.05) is 24.3 Å². The van der Waals surface area contributed by atoms with Gasteiger partial charge in [-0.15, -0.1) is 15.0 Å². The van der Waals surface area contributed by atoms with Crippen LogP contribution in [0.2, 0.25) is 0 Å². The number of hydrogen-bond donors (Lipinski definition) is 1. The number of phenolic OH excluding ortho intramolecular Hbond substituents is 1. The number of anilines is 1. The van der Waals surface area contributed by atoms with E-state index in [0.717, 1.165) is 10.5 Å². The van der Waals surface area contributed by atoms with Crippen molar-refractivity contribution in [1.82, 2.24) is 15.0 Å². The molecule has 0 aliphatic rings. The Balaban J connectivity index is 2.06. The van der Waals surface area contributed by atoms with Gasteiger partial charge in [0, 0.05) is 7.05 Å². The number of fused-ring (bicyclic) bond motifs is 1. The molecular formula is C18H18N4O4. The summed E-state index contributed by atoms with van der Waals surface area (Å²) in [7, 11) is 1.39. The molecule has 0 radical (unpaired) electrons. The second-order valence-corrected chi connectivity index (χ2v) is 5.71. The number of likely N-dealkylation sites (N-methyl/N-ethyl adjacent to an activating group) is 1. The Morgan fingerprint density at radius 1 is 1.19 bits per heavy atom. The molecule has 1 heterocycles. The fourth-order valence-electron chi connectivity index (χ4n) is 2.56. The van der Waals surface area contributed by atoms with Crippen molar-refractivity contribution in [2.24, 2.45) is 0 Å². The molecule has 0 fully saturated rings. The quantitative estimate of drug-likeness (QED) is 0.570. The van der Waals surface area contributed by atoms with Gasteiger partial charge in [-0.25, -0.2) is 4.79 Å². The maximum absolute atomic E-state index is 12.2. The molecule has 0 aliphatic heterocycles. The first-order valence-electron chi connectivity index (χ1n) is 8.03. The average molecular weight is 354 g/mol. The number of nitrogens with zero attached hydrogens (tertiary/aromatic N) is 4. The first kappa shape index (κ1) is 17.4. The normalized spacial score (nSPS) is 10.7. The van der Waals surface area contributed by atoms with Crippen molar-refractivity contribution in [2.45, 2.75) is 13.8 Å². The van der Waals surface area contributed by atoms with Gasteiger partial charge in [0.2, 0.25) is 0 Å². The topological polar surface area (TPSA) is 97.6 Å². The minimum atomic E-state index is -0.986. The van der Waals surface area contributed by atoms with Crippen LogP contribution in [0.4, 0.5) is 5.69 Å². The molecule has 8 nitrogen and oxygen atoms in total. The van der Waals surface area contributed by atoms with Crippen LogP contribution in [0.1, 0.15) is 12.5 Å². The molecule has 134 valence electrons. The van der Waals surface area contributed by atoms with Gasteiger partial charge in [0.15, 0.2) is 5.75 Å². The summed E-state index contributed by atoms with van der Waals surface area (Å²) in [5, 5.41) is 19.4. The number of benzene rings is 2. The van der Waals surface area contributed by atoms with Crippen LogP contribution in [0.25, 0.3) is 16.7 Å². The lowest BCUT2D eigenvalue weighted by Gasteiger charge is -2.19. The second-order valence-electron chi connectivity index (χ2n) is 5.71. The molecular weight excluding hydrogens is 336 g/mol. The molecule has 1 N–H and O–H groups in total. The minimum Gasteiger partial charge on any atom is -0.504 e. The van der Waals surface area contributed by atoms with Gasteiger partial charge in [-0.05, 0) is 43.7 Å². The zero-order valence-electron chi connectivity index (χ0n) is 14.6. The molecule has 0 spiro atoms. The van der Waals surface area contributed by atoms with E-state index in [2.05, 4.69) is 10.2 Å². The predicted octanol–water partition coefficient (Wildman–Crippen LogP) is 1.96. The summed E-state index contributed by atoms with van der Waals surface area (Å²) < 4.78 is 4.73. The van der Waals surface area contributed by atoms with Crippen molar-refractivity contribution in [3.8, 4) is 11.4 Å². The SMILES string of the molecule is CCOC(=O)C(=O)N(C)c1cc(C)cc(-n2nc3ccccc3n2)c1O. The number of aryl methyl sites for hydroxylation is 1. The molecule has 0 aliphatic carbocycles. The monoisotopic (exact) mass is 354 g/mol. The molecule has 1 aromatic heterocycles. The molecule has 3 rings (SSSR count). The van der Waals surface area contributed by atoms with E-state index in [9.17, 15) is 14.7 Å². The van der Waals surface area contributed by atoms with Crippen LogP contribution in [0, 0.1) is 6.92 Å². The Bertz CT molecular complexity index is 963. The van der Waals surface area contributed by atoms with Gasteiger partial charge in [-0.3, -0.25) is 4.79 Å². The van der Waals surface area contributed by atoms with E-state index in [4.69, 9.17) is 4.74 Å². The molecule has 2 aromatic carbocycles. The Morgan fingerprint density at radius 2 is 1.81 bits per heavy atom. The molecule has 0 atom stereocenters. The van der Waals surface area contributed by atoms with Crippen molar-refractivity contribution >= 4 is 28.6 Å². The van der Waals surface area contributed by atoms with Crippen LogP contribution < -0.4 is 4.90 Å². The van der Waals surface area contributed by atoms with Gasteiger partial charge in [-0.1, -0.05) is 12.1 Å². The molecule has 8 heteroatoms. The number of aromatic hydroxyl groups is 1. The first-order valence-corrected chi connectivity index (χ1v) is 8.03. The van der Waals surface area contributed by atoms with E-state index < -0.39 is 11.9 Å². The lowest BCUT2D eigenvalue weighted by atomic mass is 10.1. The van der Waals surface area contributed by atoms with Crippen molar-refractivity contribution in [3.63, 3.8) is 0 Å². The fraction of sp³-hybridized carbons (Fsp3) is 0.222. The highest BCUT2D eigenvalue weighted by Gasteiger charge is 2.25. The van der Waals surface area contributed by atoms with Crippen LogP contribution in [0.3, 0.4) is 0 Å². The fourth-order valence-corrected chi connectivity index (χ4v) is 2.56. The first-order chi connectivity index (χ1) is 12.4. The lowest BCUT2D eigenvalue weighted by Crippen LogP contribution is -2.34. The maximum atomic E-state index is 12.2. The summed E-state index contributed by atoms with van der Waals surface area (Å²) in [4.78, 5) is 26.2. The third kappa shape index (κ3) is 3.08. The predicted molar refractivity (Wildman–Crippen MR) is 95.3 cm³/mol.